The molecule has 0 aliphatic carbocycles. The van der Waals surface area contributed by atoms with Crippen LogP contribution in [0, 0.1) is 6.92 Å². The number of benzene rings is 2. The van der Waals surface area contributed by atoms with E-state index < -0.39 is 10.8 Å². The molecule has 0 spiro atoms. The number of amides is 1. The average molecular weight is 331 g/mol. The molecule has 2 rings (SSSR count). The van der Waals surface area contributed by atoms with E-state index in [2.05, 4.69) is 5.32 Å². The van der Waals surface area contributed by atoms with Gasteiger partial charge in [0.25, 0.3) is 0 Å². The summed E-state index contributed by atoms with van der Waals surface area (Å²) in [7, 11) is 0.312. The summed E-state index contributed by atoms with van der Waals surface area (Å²) in [6, 6.07) is 15.2. The summed E-state index contributed by atoms with van der Waals surface area (Å²) in [6.45, 7) is 2.85. The van der Waals surface area contributed by atoms with E-state index in [1.54, 1.807) is 13.2 Å². The predicted octanol–water partition coefficient (Wildman–Crippen LogP) is 2.57. The van der Waals surface area contributed by atoms with Gasteiger partial charge in [0.15, 0.2) is 0 Å². The lowest BCUT2D eigenvalue weighted by molar-refractivity contribution is -0.118. The molecule has 0 radical (unpaired) electrons. The number of carbonyl (C=O) groups is 1. The van der Waals surface area contributed by atoms with E-state index in [-0.39, 0.29) is 11.7 Å². The second-order valence-electron chi connectivity index (χ2n) is 5.28. The molecule has 1 amide bonds. The van der Waals surface area contributed by atoms with Gasteiger partial charge < -0.3 is 10.1 Å². The van der Waals surface area contributed by atoms with Crippen molar-refractivity contribution < 1.29 is 13.7 Å². The van der Waals surface area contributed by atoms with Crippen LogP contribution in [0.3, 0.4) is 0 Å². The molecule has 0 unspecified atom stereocenters. The SMILES string of the molecule is COCc1ccccc1CNC(=O)C[S@@](=O)c1cccc(C)c1. The Morgan fingerprint density at radius 1 is 1.13 bits per heavy atom. The first-order valence-electron chi connectivity index (χ1n) is 7.37. The van der Waals surface area contributed by atoms with Crippen LogP contribution < -0.4 is 5.32 Å². The van der Waals surface area contributed by atoms with E-state index in [1.807, 2.05) is 49.4 Å². The number of hydrogen-bond acceptors (Lipinski definition) is 3. The minimum atomic E-state index is -1.33. The number of methoxy groups -OCH3 is 1. The Hall–Kier alpha value is -1.98. The van der Waals surface area contributed by atoms with E-state index in [0.29, 0.717) is 18.0 Å². The van der Waals surface area contributed by atoms with Gasteiger partial charge in [-0.2, -0.15) is 0 Å². The molecular formula is C18H21NO3S. The predicted molar refractivity (Wildman–Crippen MR) is 91.5 cm³/mol. The van der Waals surface area contributed by atoms with Gasteiger partial charge in [0, 0.05) is 18.6 Å². The van der Waals surface area contributed by atoms with Crippen LogP contribution in [0.5, 0.6) is 0 Å². The van der Waals surface area contributed by atoms with Crippen LogP contribution >= 0.6 is 0 Å². The molecule has 5 heteroatoms. The van der Waals surface area contributed by atoms with Gasteiger partial charge in [0.1, 0.15) is 5.75 Å². The third kappa shape index (κ3) is 5.30. The zero-order valence-electron chi connectivity index (χ0n) is 13.4. The summed E-state index contributed by atoms with van der Waals surface area (Å²) in [6.07, 6.45) is 0. The van der Waals surface area contributed by atoms with Crippen LogP contribution in [0.4, 0.5) is 0 Å². The zero-order valence-corrected chi connectivity index (χ0v) is 14.2. The lowest BCUT2D eigenvalue weighted by Crippen LogP contribution is -2.28. The molecular weight excluding hydrogens is 310 g/mol. The molecule has 0 heterocycles. The van der Waals surface area contributed by atoms with Crippen LogP contribution in [-0.2, 0) is 33.5 Å². The monoisotopic (exact) mass is 331 g/mol. The van der Waals surface area contributed by atoms with Gasteiger partial charge in [-0.3, -0.25) is 9.00 Å². The fraction of sp³-hybridized carbons (Fsp3) is 0.278. The Labute approximate surface area is 139 Å². The maximum absolute atomic E-state index is 12.2. The fourth-order valence-corrected chi connectivity index (χ4v) is 3.29. The minimum absolute atomic E-state index is 0.0318. The topological polar surface area (TPSA) is 55.4 Å². The summed E-state index contributed by atoms with van der Waals surface area (Å²) in [5.74, 6) is -0.257. The number of hydrogen-bond donors (Lipinski definition) is 1. The van der Waals surface area contributed by atoms with Gasteiger partial charge in [-0.15, -0.1) is 0 Å². The highest BCUT2D eigenvalue weighted by Gasteiger charge is 2.11. The largest absolute Gasteiger partial charge is 0.380 e. The first-order valence-corrected chi connectivity index (χ1v) is 8.69. The average Bonchev–Trinajstić information content (AvgIpc) is 2.54. The summed E-state index contributed by atoms with van der Waals surface area (Å²) in [5.41, 5.74) is 3.07. The molecule has 122 valence electrons. The van der Waals surface area contributed by atoms with Crippen molar-refractivity contribution in [2.24, 2.45) is 0 Å². The molecule has 0 saturated carbocycles. The van der Waals surface area contributed by atoms with Crippen LogP contribution in [0.25, 0.3) is 0 Å². The van der Waals surface area contributed by atoms with Crippen LogP contribution in [-0.4, -0.2) is 23.0 Å². The summed E-state index contributed by atoms with van der Waals surface area (Å²) < 4.78 is 17.4. The maximum atomic E-state index is 12.2. The van der Waals surface area contributed by atoms with E-state index in [1.165, 1.54) is 0 Å². The van der Waals surface area contributed by atoms with Crippen molar-refractivity contribution in [2.75, 3.05) is 12.9 Å². The van der Waals surface area contributed by atoms with Crippen molar-refractivity contribution in [3.63, 3.8) is 0 Å². The number of ether oxygens (including phenoxy) is 1. The van der Waals surface area contributed by atoms with Crippen molar-refractivity contribution in [3.05, 3.63) is 65.2 Å². The van der Waals surface area contributed by atoms with E-state index >= 15 is 0 Å². The summed E-state index contributed by atoms with van der Waals surface area (Å²) in [4.78, 5) is 12.7. The lowest BCUT2D eigenvalue weighted by Gasteiger charge is -2.10. The first kappa shape index (κ1) is 17.4. The molecule has 0 aromatic heterocycles. The molecule has 0 bridgehead atoms. The summed E-state index contributed by atoms with van der Waals surface area (Å²) in [5, 5.41) is 2.83. The van der Waals surface area contributed by atoms with E-state index in [4.69, 9.17) is 4.74 Å². The van der Waals surface area contributed by atoms with Crippen molar-refractivity contribution >= 4 is 16.7 Å². The number of rotatable bonds is 7. The number of carbonyl (C=O) groups excluding carboxylic acids is 1. The highest BCUT2D eigenvalue weighted by Crippen LogP contribution is 2.11. The van der Waals surface area contributed by atoms with Gasteiger partial charge in [0.05, 0.1) is 17.4 Å². The first-order chi connectivity index (χ1) is 11.1. The Morgan fingerprint density at radius 2 is 1.87 bits per heavy atom. The van der Waals surface area contributed by atoms with Gasteiger partial charge in [-0.25, -0.2) is 0 Å². The van der Waals surface area contributed by atoms with E-state index in [0.717, 1.165) is 16.7 Å². The Bertz CT molecular complexity index is 700. The lowest BCUT2D eigenvalue weighted by atomic mass is 10.1. The van der Waals surface area contributed by atoms with Crippen LogP contribution in [0.2, 0.25) is 0 Å². The molecule has 2 aromatic rings. The van der Waals surface area contributed by atoms with Gasteiger partial charge >= 0.3 is 0 Å². The molecule has 23 heavy (non-hydrogen) atoms. The standard InChI is InChI=1S/C18H21NO3S/c1-14-6-5-9-17(10-14)23(21)13-18(20)19-11-15-7-3-4-8-16(15)12-22-2/h3-10H,11-13H2,1-2H3,(H,19,20)/t23-/m1/s1. The molecule has 0 aliphatic heterocycles. The Kier molecular flexibility index (Phi) is 6.50. The van der Waals surface area contributed by atoms with Gasteiger partial charge in [-0.1, -0.05) is 36.4 Å². The molecule has 1 atom stereocenters. The molecule has 0 fully saturated rings. The highest BCUT2D eigenvalue weighted by atomic mass is 32.2. The molecule has 4 nitrogen and oxygen atoms in total. The highest BCUT2D eigenvalue weighted by molar-refractivity contribution is 7.85. The molecule has 0 aliphatic rings. The Balaban J connectivity index is 1.92. The third-order valence-corrected chi connectivity index (χ3v) is 4.71. The third-order valence-electron chi connectivity index (χ3n) is 3.41. The molecule has 2 aromatic carbocycles. The normalized spacial score (nSPS) is 11.9. The molecule has 1 N–H and O–H groups in total. The number of aryl methyl sites for hydroxylation is 1. The van der Waals surface area contributed by atoms with Crippen molar-refractivity contribution in [2.45, 2.75) is 25.0 Å². The van der Waals surface area contributed by atoms with Crippen molar-refractivity contribution in [3.8, 4) is 0 Å². The number of nitrogens with one attached hydrogen (secondary N) is 1. The van der Waals surface area contributed by atoms with Crippen molar-refractivity contribution in [1.82, 2.24) is 5.32 Å². The second-order valence-corrected chi connectivity index (χ2v) is 6.74. The quantitative estimate of drug-likeness (QED) is 0.848. The summed E-state index contributed by atoms with van der Waals surface area (Å²) >= 11 is 0. The smallest absolute Gasteiger partial charge is 0.233 e. The molecule has 0 saturated heterocycles. The van der Waals surface area contributed by atoms with Gasteiger partial charge in [-0.05, 0) is 35.7 Å². The Morgan fingerprint density at radius 3 is 2.57 bits per heavy atom. The van der Waals surface area contributed by atoms with Gasteiger partial charge in [0.2, 0.25) is 5.91 Å². The maximum Gasteiger partial charge on any atom is 0.233 e. The second kappa shape index (κ2) is 8.60. The van der Waals surface area contributed by atoms with Crippen LogP contribution in [0.15, 0.2) is 53.4 Å². The zero-order chi connectivity index (χ0) is 16.7. The van der Waals surface area contributed by atoms with Crippen molar-refractivity contribution in [1.29, 1.82) is 0 Å². The van der Waals surface area contributed by atoms with Crippen LogP contribution in [0.1, 0.15) is 16.7 Å². The fourth-order valence-electron chi connectivity index (χ4n) is 2.23. The minimum Gasteiger partial charge on any atom is -0.380 e. The van der Waals surface area contributed by atoms with E-state index in [9.17, 15) is 9.00 Å².